The molecule has 1 rings (SSSR count). The highest BCUT2D eigenvalue weighted by Gasteiger charge is 2.17. The van der Waals surface area contributed by atoms with Gasteiger partial charge in [0.15, 0.2) is 0 Å². The van der Waals surface area contributed by atoms with Crippen molar-refractivity contribution < 1.29 is 0 Å². The molecule has 0 nitrogen and oxygen atoms in total. The second kappa shape index (κ2) is 4.84. The highest BCUT2D eigenvalue weighted by atomic mass is 14.2. The minimum atomic E-state index is 1.01. The van der Waals surface area contributed by atoms with E-state index in [-0.39, 0.29) is 0 Å². The summed E-state index contributed by atoms with van der Waals surface area (Å²) in [5.74, 6) is 2.03. The summed E-state index contributed by atoms with van der Waals surface area (Å²) in [4.78, 5) is 0. The van der Waals surface area contributed by atoms with Gasteiger partial charge in [0.1, 0.15) is 0 Å². The molecule has 2 unspecified atom stereocenters. The maximum Gasteiger partial charge on any atom is -0.0417 e. The van der Waals surface area contributed by atoms with Gasteiger partial charge in [0.2, 0.25) is 0 Å². The maximum atomic E-state index is 2.36. The summed E-state index contributed by atoms with van der Waals surface area (Å²) in [6.45, 7) is 8.72. The molecule has 1 fully saturated rings. The SMILES string of the molecule is CC.CC1CCCC1C. The summed E-state index contributed by atoms with van der Waals surface area (Å²) >= 11 is 0. The predicted octanol–water partition coefficient (Wildman–Crippen LogP) is 3.47. The molecule has 1 saturated carbocycles. The largest absolute Gasteiger partial charge is 0.0683 e. The average molecular weight is 128 g/mol. The zero-order valence-electron chi connectivity index (χ0n) is 7.28. The molecule has 0 aromatic rings. The third kappa shape index (κ3) is 2.88. The lowest BCUT2D eigenvalue weighted by atomic mass is 10.0. The molecule has 0 heteroatoms. The van der Waals surface area contributed by atoms with E-state index in [1.54, 1.807) is 0 Å². The van der Waals surface area contributed by atoms with Gasteiger partial charge in [0, 0.05) is 0 Å². The molecule has 1 aliphatic rings. The molecule has 0 spiro atoms. The Morgan fingerprint density at radius 2 is 1.22 bits per heavy atom. The van der Waals surface area contributed by atoms with Gasteiger partial charge in [-0.25, -0.2) is 0 Å². The van der Waals surface area contributed by atoms with Crippen LogP contribution in [0, 0.1) is 11.8 Å². The fourth-order valence-corrected chi connectivity index (χ4v) is 1.33. The van der Waals surface area contributed by atoms with Crippen LogP contribution in [-0.2, 0) is 0 Å². The van der Waals surface area contributed by atoms with Crippen molar-refractivity contribution in [2.45, 2.75) is 47.0 Å². The van der Waals surface area contributed by atoms with Crippen LogP contribution < -0.4 is 0 Å². The summed E-state index contributed by atoms with van der Waals surface area (Å²) in [6, 6.07) is 0. The number of hydrogen-bond acceptors (Lipinski definition) is 0. The van der Waals surface area contributed by atoms with Crippen molar-refractivity contribution >= 4 is 0 Å². The lowest BCUT2D eigenvalue weighted by Crippen LogP contribution is -1.95. The van der Waals surface area contributed by atoms with E-state index in [0.717, 1.165) is 11.8 Å². The van der Waals surface area contributed by atoms with Gasteiger partial charge in [-0.1, -0.05) is 47.0 Å². The van der Waals surface area contributed by atoms with E-state index in [1.165, 1.54) is 19.3 Å². The highest BCUT2D eigenvalue weighted by Crippen LogP contribution is 2.29. The predicted molar refractivity (Wildman–Crippen MR) is 43.5 cm³/mol. The summed E-state index contributed by atoms with van der Waals surface area (Å²) < 4.78 is 0. The fourth-order valence-electron chi connectivity index (χ4n) is 1.33. The molecule has 56 valence electrons. The standard InChI is InChI=1S/C7H14.C2H6/c1-6-4-3-5-7(6)2;1-2/h6-7H,3-5H2,1-2H3;1-2H3. The number of hydrogen-bond donors (Lipinski definition) is 0. The number of rotatable bonds is 0. The molecule has 0 aliphatic heterocycles. The minimum absolute atomic E-state index is 1.01. The molecule has 9 heavy (non-hydrogen) atoms. The second-order valence-corrected chi connectivity index (χ2v) is 2.89. The fraction of sp³-hybridized carbons (Fsp3) is 1.00. The van der Waals surface area contributed by atoms with Crippen molar-refractivity contribution in [2.24, 2.45) is 11.8 Å². The van der Waals surface area contributed by atoms with Gasteiger partial charge in [-0.3, -0.25) is 0 Å². The molecule has 0 N–H and O–H groups in total. The van der Waals surface area contributed by atoms with Gasteiger partial charge >= 0.3 is 0 Å². The van der Waals surface area contributed by atoms with Gasteiger partial charge in [-0.15, -0.1) is 0 Å². The van der Waals surface area contributed by atoms with Gasteiger partial charge in [-0.05, 0) is 11.8 Å². The van der Waals surface area contributed by atoms with Crippen molar-refractivity contribution in [3.05, 3.63) is 0 Å². The Balaban J connectivity index is 0.000000291. The van der Waals surface area contributed by atoms with E-state index in [9.17, 15) is 0 Å². The average Bonchev–Trinajstić information content (AvgIpc) is 2.23. The van der Waals surface area contributed by atoms with Crippen LogP contribution in [0.3, 0.4) is 0 Å². The van der Waals surface area contributed by atoms with Gasteiger partial charge in [0.25, 0.3) is 0 Å². The van der Waals surface area contributed by atoms with Crippen LogP contribution in [0.5, 0.6) is 0 Å². The lowest BCUT2D eigenvalue weighted by Gasteiger charge is -2.05. The Morgan fingerprint density at radius 1 is 0.889 bits per heavy atom. The van der Waals surface area contributed by atoms with E-state index in [0.29, 0.717) is 0 Å². The van der Waals surface area contributed by atoms with Crippen LogP contribution in [0.2, 0.25) is 0 Å². The molecule has 0 heterocycles. The van der Waals surface area contributed by atoms with Crippen LogP contribution in [0.15, 0.2) is 0 Å². The van der Waals surface area contributed by atoms with E-state index < -0.39 is 0 Å². The van der Waals surface area contributed by atoms with Crippen LogP contribution in [0.25, 0.3) is 0 Å². The molecular formula is C9H20. The first kappa shape index (κ1) is 9.00. The van der Waals surface area contributed by atoms with Gasteiger partial charge in [0.05, 0.1) is 0 Å². The van der Waals surface area contributed by atoms with Crippen LogP contribution in [-0.4, -0.2) is 0 Å². The molecule has 0 aromatic heterocycles. The zero-order chi connectivity index (χ0) is 7.28. The van der Waals surface area contributed by atoms with Crippen LogP contribution >= 0.6 is 0 Å². The lowest BCUT2D eigenvalue weighted by molar-refractivity contribution is 0.457. The molecular weight excluding hydrogens is 108 g/mol. The van der Waals surface area contributed by atoms with E-state index >= 15 is 0 Å². The van der Waals surface area contributed by atoms with Gasteiger partial charge in [-0.2, -0.15) is 0 Å². The topological polar surface area (TPSA) is 0 Å². The smallest absolute Gasteiger partial charge is 0.0417 e. The third-order valence-corrected chi connectivity index (χ3v) is 2.29. The molecule has 0 amide bonds. The molecule has 0 radical (unpaired) electrons. The first-order valence-corrected chi connectivity index (χ1v) is 4.30. The quantitative estimate of drug-likeness (QED) is 0.468. The Bertz CT molecular complexity index is 49.1. The molecule has 0 bridgehead atoms. The first-order valence-electron chi connectivity index (χ1n) is 4.30. The molecule has 1 aliphatic carbocycles. The van der Waals surface area contributed by atoms with E-state index in [2.05, 4.69) is 13.8 Å². The Labute approximate surface area is 59.7 Å². The van der Waals surface area contributed by atoms with E-state index in [4.69, 9.17) is 0 Å². The molecule has 0 aromatic carbocycles. The Kier molecular flexibility index (Phi) is 4.84. The molecule has 2 atom stereocenters. The van der Waals surface area contributed by atoms with Crippen molar-refractivity contribution in [3.8, 4) is 0 Å². The second-order valence-electron chi connectivity index (χ2n) is 2.89. The normalized spacial score (nSPS) is 33.3. The Morgan fingerprint density at radius 3 is 1.33 bits per heavy atom. The van der Waals surface area contributed by atoms with Gasteiger partial charge < -0.3 is 0 Å². The minimum Gasteiger partial charge on any atom is -0.0683 e. The van der Waals surface area contributed by atoms with Crippen molar-refractivity contribution in [2.75, 3.05) is 0 Å². The first-order chi connectivity index (χ1) is 4.30. The zero-order valence-corrected chi connectivity index (χ0v) is 7.28. The summed E-state index contributed by atoms with van der Waals surface area (Å²) in [5, 5.41) is 0. The monoisotopic (exact) mass is 128 g/mol. The summed E-state index contributed by atoms with van der Waals surface area (Å²) in [5.41, 5.74) is 0. The highest BCUT2D eigenvalue weighted by molar-refractivity contribution is 4.69. The van der Waals surface area contributed by atoms with Crippen LogP contribution in [0.4, 0.5) is 0 Å². The van der Waals surface area contributed by atoms with Crippen molar-refractivity contribution in [1.82, 2.24) is 0 Å². The Hall–Kier alpha value is 0. The van der Waals surface area contributed by atoms with Crippen LogP contribution in [0.1, 0.15) is 47.0 Å². The molecule has 0 saturated heterocycles. The van der Waals surface area contributed by atoms with E-state index in [1.807, 2.05) is 13.8 Å². The summed E-state index contributed by atoms with van der Waals surface area (Å²) in [7, 11) is 0. The van der Waals surface area contributed by atoms with Crippen molar-refractivity contribution in [3.63, 3.8) is 0 Å². The summed E-state index contributed by atoms with van der Waals surface area (Å²) in [6.07, 6.45) is 4.42. The van der Waals surface area contributed by atoms with Crippen molar-refractivity contribution in [1.29, 1.82) is 0 Å². The third-order valence-electron chi connectivity index (χ3n) is 2.29. The maximum absolute atomic E-state index is 2.36.